The van der Waals surface area contributed by atoms with Crippen molar-refractivity contribution in [3.05, 3.63) is 52.0 Å². The van der Waals surface area contributed by atoms with Crippen LogP contribution < -0.4 is 19.6 Å². The molecule has 0 saturated heterocycles. The number of hydrogen-bond acceptors (Lipinski definition) is 5. The van der Waals surface area contributed by atoms with Gasteiger partial charge in [-0.25, -0.2) is 8.42 Å². The number of halogens is 1. The van der Waals surface area contributed by atoms with E-state index >= 15 is 0 Å². The average molecular weight is 507 g/mol. The first-order valence-corrected chi connectivity index (χ1v) is 12.9. The molecule has 0 bridgehead atoms. The molecular weight excluding hydrogens is 480 g/mol. The molecule has 0 spiro atoms. The van der Waals surface area contributed by atoms with E-state index in [0.29, 0.717) is 5.92 Å². The molecule has 1 N–H and O–H groups in total. The molecule has 1 heterocycles. The summed E-state index contributed by atoms with van der Waals surface area (Å²) in [5.74, 6) is 0.215. The number of carbonyl (C=O) groups excluding carboxylic acids is 1. The quantitative estimate of drug-likeness (QED) is 0.620. The van der Waals surface area contributed by atoms with E-state index in [1.54, 1.807) is 0 Å². The minimum atomic E-state index is -3.50. The summed E-state index contributed by atoms with van der Waals surface area (Å²) in [6, 6.07) is 12.3. The first-order valence-electron chi connectivity index (χ1n) is 10.3. The fourth-order valence-corrected chi connectivity index (χ4v) is 5.28. The summed E-state index contributed by atoms with van der Waals surface area (Å²) in [5.41, 5.74) is 5.06. The van der Waals surface area contributed by atoms with Crippen molar-refractivity contribution in [3.8, 4) is 0 Å². The Bertz CT molecular complexity index is 1100. The minimum Gasteiger partial charge on any atom is -0.355 e. The first kappa shape index (κ1) is 22.0. The van der Waals surface area contributed by atoms with E-state index in [9.17, 15) is 13.2 Å². The molecule has 1 saturated carbocycles. The number of nitrogens with zero attached hydrogens (tertiary/aromatic N) is 3. The third-order valence-electron chi connectivity index (χ3n) is 5.76. The number of sulfonamides is 1. The summed E-state index contributed by atoms with van der Waals surface area (Å²) in [7, 11) is -1.51. The lowest BCUT2D eigenvalue weighted by atomic mass is 10.0. The van der Waals surface area contributed by atoms with Crippen LogP contribution in [0, 0.1) is 0 Å². The van der Waals surface area contributed by atoms with Crippen LogP contribution in [-0.4, -0.2) is 40.7 Å². The molecule has 0 atom stereocenters. The summed E-state index contributed by atoms with van der Waals surface area (Å²) in [6.07, 6.45) is 3.37. The van der Waals surface area contributed by atoms with Crippen molar-refractivity contribution in [2.24, 2.45) is 0 Å². The molecule has 1 aliphatic heterocycles. The van der Waals surface area contributed by atoms with Gasteiger partial charge < -0.3 is 5.32 Å². The Hall–Kier alpha value is -2.26. The number of rotatable bonds is 7. The van der Waals surface area contributed by atoms with E-state index in [1.165, 1.54) is 23.0 Å². The van der Waals surface area contributed by atoms with Crippen LogP contribution in [0.4, 0.5) is 17.1 Å². The zero-order valence-electron chi connectivity index (χ0n) is 17.9. The molecule has 1 amide bonds. The zero-order valence-corrected chi connectivity index (χ0v) is 20.3. The van der Waals surface area contributed by atoms with Crippen LogP contribution in [0.2, 0.25) is 0 Å². The van der Waals surface area contributed by atoms with Gasteiger partial charge >= 0.3 is 0 Å². The van der Waals surface area contributed by atoms with Crippen LogP contribution in [0.3, 0.4) is 0 Å². The molecule has 1 fully saturated rings. The fourth-order valence-electron chi connectivity index (χ4n) is 4.08. The highest BCUT2D eigenvalue weighted by atomic mass is 79.9. The van der Waals surface area contributed by atoms with E-state index in [0.717, 1.165) is 46.5 Å². The molecule has 0 radical (unpaired) electrons. The maximum atomic E-state index is 12.7. The third-order valence-corrected chi connectivity index (χ3v) is 7.47. The molecule has 2 aliphatic rings. The fraction of sp³-hybridized carbons (Fsp3) is 0.409. The number of amides is 1. The molecule has 9 heteroatoms. The lowest BCUT2D eigenvalue weighted by Crippen LogP contribution is -2.38. The second kappa shape index (κ2) is 8.35. The van der Waals surface area contributed by atoms with Crippen LogP contribution >= 0.6 is 15.9 Å². The number of benzene rings is 2. The van der Waals surface area contributed by atoms with Crippen molar-refractivity contribution in [1.29, 1.82) is 0 Å². The van der Waals surface area contributed by atoms with Crippen LogP contribution in [0.15, 0.2) is 40.9 Å². The van der Waals surface area contributed by atoms with E-state index < -0.39 is 10.0 Å². The summed E-state index contributed by atoms with van der Waals surface area (Å²) >= 11 is 3.48. The Morgan fingerprint density at radius 2 is 1.90 bits per heavy atom. The molecule has 4 rings (SSSR count). The standard InChI is InChI=1S/C22H27BrN4O3S/c1-15(28)24-10-11-27(31(3,29)30)22-13-21-17(12-20(22)16-4-5-16)14-26(25(21)2)19-8-6-18(23)7-9-19/h6-9,12-13,16H,4-5,10-11,14H2,1-3H3,(H,24,28). The Morgan fingerprint density at radius 1 is 1.23 bits per heavy atom. The first-order chi connectivity index (χ1) is 14.6. The Morgan fingerprint density at radius 3 is 2.48 bits per heavy atom. The second-order valence-corrected chi connectivity index (χ2v) is 11.0. The van der Waals surface area contributed by atoms with Gasteiger partial charge in [0.1, 0.15) is 0 Å². The number of carbonyl (C=O) groups is 1. The Balaban J connectivity index is 1.71. The van der Waals surface area contributed by atoms with Gasteiger partial charge in [0.05, 0.1) is 36.4 Å². The van der Waals surface area contributed by atoms with Crippen molar-refractivity contribution in [3.63, 3.8) is 0 Å². The SMILES string of the molecule is CC(=O)NCCN(c1cc2c(cc1C1CC1)CN(c1ccc(Br)cc1)N2C)S(C)(=O)=O. The van der Waals surface area contributed by atoms with Crippen LogP contribution in [0.25, 0.3) is 0 Å². The Labute approximate surface area is 192 Å². The Kier molecular flexibility index (Phi) is 5.91. The van der Waals surface area contributed by atoms with Crippen LogP contribution in [-0.2, 0) is 21.4 Å². The number of hydrogen-bond donors (Lipinski definition) is 1. The smallest absolute Gasteiger partial charge is 0.232 e. The minimum absolute atomic E-state index is 0.172. The largest absolute Gasteiger partial charge is 0.355 e. The predicted molar refractivity (Wildman–Crippen MR) is 128 cm³/mol. The molecule has 1 aliphatic carbocycles. The van der Waals surface area contributed by atoms with E-state index in [4.69, 9.17) is 0 Å². The van der Waals surface area contributed by atoms with Gasteiger partial charge in [-0.2, -0.15) is 0 Å². The van der Waals surface area contributed by atoms with E-state index in [1.807, 2.05) is 25.2 Å². The summed E-state index contributed by atoms with van der Waals surface area (Å²) in [4.78, 5) is 11.3. The van der Waals surface area contributed by atoms with Crippen molar-refractivity contribution in [2.75, 3.05) is 40.7 Å². The number of nitrogens with one attached hydrogen (secondary N) is 1. The molecule has 2 aromatic carbocycles. The molecule has 0 unspecified atom stereocenters. The van der Waals surface area contributed by atoms with Crippen molar-refractivity contribution in [1.82, 2.24) is 5.32 Å². The average Bonchev–Trinajstić information content (AvgIpc) is 3.49. The normalized spacial score (nSPS) is 15.7. The maximum Gasteiger partial charge on any atom is 0.232 e. The lowest BCUT2D eigenvalue weighted by Gasteiger charge is -2.29. The monoisotopic (exact) mass is 506 g/mol. The van der Waals surface area contributed by atoms with Crippen LogP contribution in [0.5, 0.6) is 0 Å². The van der Waals surface area contributed by atoms with Gasteiger partial charge in [0.2, 0.25) is 15.9 Å². The number of fused-ring (bicyclic) bond motifs is 1. The van der Waals surface area contributed by atoms with Gasteiger partial charge in [-0.15, -0.1) is 0 Å². The highest BCUT2D eigenvalue weighted by Gasteiger charge is 2.34. The molecule has 7 nitrogen and oxygen atoms in total. The number of anilines is 3. The van der Waals surface area contributed by atoms with Crippen molar-refractivity contribution >= 4 is 48.9 Å². The van der Waals surface area contributed by atoms with Gasteiger partial charge in [-0.3, -0.25) is 19.1 Å². The van der Waals surface area contributed by atoms with Gasteiger partial charge in [0.15, 0.2) is 0 Å². The topological polar surface area (TPSA) is 73.0 Å². The van der Waals surface area contributed by atoms with Crippen molar-refractivity contribution < 1.29 is 13.2 Å². The lowest BCUT2D eigenvalue weighted by molar-refractivity contribution is -0.118. The highest BCUT2D eigenvalue weighted by Crippen LogP contribution is 2.48. The van der Waals surface area contributed by atoms with Gasteiger partial charge in [0.25, 0.3) is 0 Å². The predicted octanol–water partition coefficient (Wildman–Crippen LogP) is 3.60. The highest BCUT2D eigenvalue weighted by molar-refractivity contribution is 9.10. The molecule has 31 heavy (non-hydrogen) atoms. The van der Waals surface area contributed by atoms with Gasteiger partial charge in [0, 0.05) is 25.0 Å². The second-order valence-electron chi connectivity index (χ2n) is 8.19. The molecule has 166 valence electrons. The maximum absolute atomic E-state index is 12.7. The van der Waals surface area contributed by atoms with E-state index in [2.05, 4.69) is 49.5 Å². The molecular formula is C22H27BrN4O3S. The third kappa shape index (κ3) is 4.67. The summed E-state index contributed by atoms with van der Waals surface area (Å²) in [5, 5.41) is 6.97. The molecule has 2 aromatic rings. The van der Waals surface area contributed by atoms with Gasteiger partial charge in [-0.05, 0) is 66.3 Å². The summed E-state index contributed by atoms with van der Waals surface area (Å²) < 4.78 is 27.8. The molecule has 0 aromatic heterocycles. The van der Waals surface area contributed by atoms with Crippen molar-refractivity contribution in [2.45, 2.75) is 32.2 Å². The number of hydrazine groups is 1. The van der Waals surface area contributed by atoms with Crippen LogP contribution in [0.1, 0.15) is 36.8 Å². The zero-order chi connectivity index (χ0) is 22.3. The summed E-state index contributed by atoms with van der Waals surface area (Å²) in [6.45, 7) is 2.64. The van der Waals surface area contributed by atoms with Gasteiger partial charge in [-0.1, -0.05) is 15.9 Å². The van der Waals surface area contributed by atoms with E-state index in [-0.39, 0.29) is 19.0 Å².